The molecular weight excluding hydrogens is 526 g/mol. The molecule has 0 radical (unpaired) electrons. The van der Waals surface area contributed by atoms with E-state index in [0.717, 1.165) is 30.8 Å². The van der Waals surface area contributed by atoms with Crippen molar-refractivity contribution in [2.75, 3.05) is 45.9 Å². The fourth-order valence-electron chi connectivity index (χ4n) is 4.73. The molecule has 0 aliphatic carbocycles. The molecule has 1 amide bonds. The number of carbonyl (C=O) groups is 1. The SMILES string of the molecule is CC(C)(C)c1ccc(S(=O)(=O)N(CCCN2CCOCC2)CC(=O)N(Cc2ccccc2)Cc2ccco2)cc1. The smallest absolute Gasteiger partial charge is 0.243 e. The number of morpholine rings is 1. The average molecular weight is 568 g/mol. The van der Waals surface area contributed by atoms with Crippen LogP contribution in [0.4, 0.5) is 0 Å². The summed E-state index contributed by atoms with van der Waals surface area (Å²) in [4.78, 5) is 17.9. The molecule has 1 fully saturated rings. The Morgan fingerprint density at radius 3 is 2.25 bits per heavy atom. The summed E-state index contributed by atoms with van der Waals surface area (Å²) in [5.74, 6) is 0.366. The third kappa shape index (κ3) is 8.27. The normalized spacial score (nSPS) is 14.9. The lowest BCUT2D eigenvalue weighted by molar-refractivity contribution is -0.133. The Morgan fingerprint density at radius 1 is 0.925 bits per heavy atom. The van der Waals surface area contributed by atoms with Gasteiger partial charge >= 0.3 is 0 Å². The lowest BCUT2D eigenvalue weighted by Crippen LogP contribution is -2.44. The number of hydrogen-bond donors (Lipinski definition) is 0. The van der Waals surface area contributed by atoms with Crippen molar-refractivity contribution < 1.29 is 22.4 Å². The molecule has 0 unspecified atom stereocenters. The predicted molar refractivity (Wildman–Crippen MR) is 155 cm³/mol. The maximum Gasteiger partial charge on any atom is 0.243 e. The third-order valence-corrected chi connectivity index (χ3v) is 9.01. The van der Waals surface area contributed by atoms with Gasteiger partial charge in [0.05, 0.1) is 37.5 Å². The van der Waals surface area contributed by atoms with Crippen LogP contribution in [0.25, 0.3) is 0 Å². The van der Waals surface area contributed by atoms with Crippen molar-refractivity contribution in [1.82, 2.24) is 14.1 Å². The predicted octanol–water partition coefficient (Wildman–Crippen LogP) is 4.52. The molecule has 8 nitrogen and oxygen atoms in total. The molecule has 1 aliphatic heterocycles. The van der Waals surface area contributed by atoms with Gasteiger partial charge in [0.1, 0.15) is 5.76 Å². The first-order chi connectivity index (χ1) is 19.1. The molecule has 0 bridgehead atoms. The third-order valence-electron chi connectivity index (χ3n) is 7.15. The number of nitrogens with zero attached hydrogens (tertiary/aromatic N) is 3. The van der Waals surface area contributed by atoms with Gasteiger partial charge in [-0.15, -0.1) is 0 Å². The summed E-state index contributed by atoms with van der Waals surface area (Å²) >= 11 is 0. The Bertz CT molecular complexity index is 1300. The van der Waals surface area contributed by atoms with Crippen LogP contribution in [0.3, 0.4) is 0 Å². The summed E-state index contributed by atoms with van der Waals surface area (Å²) in [7, 11) is -3.91. The molecule has 40 heavy (non-hydrogen) atoms. The van der Waals surface area contributed by atoms with Crippen LogP contribution in [0.2, 0.25) is 0 Å². The Hall–Kier alpha value is -2.98. The van der Waals surface area contributed by atoms with Crippen LogP contribution in [0, 0.1) is 0 Å². The number of benzene rings is 2. The summed E-state index contributed by atoms with van der Waals surface area (Å²) in [5, 5.41) is 0. The van der Waals surface area contributed by atoms with Crippen molar-refractivity contribution >= 4 is 15.9 Å². The first-order valence-electron chi connectivity index (χ1n) is 13.9. The van der Waals surface area contributed by atoms with E-state index in [1.54, 1.807) is 29.4 Å². The van der Waals surface area contributed by atoms with Crippen LogP contribution in [-0.4, -0.2) is 74.4 Å². The average Bonchev–Trinajstić information content (AvgIpc) is 3.46. The summed E-state index contributed by atoms with van der Waals surface area (Å²) < 4.78 is 40.1. The van der Waals surface area contributed by atoms with Crippen molar-refractivity contribution in [3.63, 3.8) is 0 Å². The molecule has 0 saturated carbocycles. The number of furan rings is 1. The second-order valence-corrected chi connectivity index (χ2v) is 13.2. The van der Waals surface area contributed by atoms with E-state index in [1.807, 2.05) is 48.5 Å². The minimum absolute atomic E-state index is 0.0973. The summed E-state index contributed by atoms with van der Waals surface area (Å²) in [6, 6.07) is 20.3. The fourth-order valence-corrected chi connectivity index (χ4v) is 6.16. The Kier molecular flexibility index (Phi) is 10.2. The minimum Gasteiger partial charge on any atom is -0.467 e. The zero-order valence-electron chi connectivity index (χ0n) is 23.8. The molecular formula is C31H41N3O5S. The second kappa shape index (κ2) is 13.6. The van der Waals surface area contributed by atoms with E-state index in [4.69, 9.17) is 9.15 Å². The summed E-state index contributed by atoms with van der Waals surface area (Å²) in [6.45, 7) is 10.6. The van der Waals surface area contributed by atoms with Gasteiger partial charge in [-0.2, -0.15) is 4.31 Å². The minimum atomic E-state index is -3.91. The zero-order valence-corrected chi connectivity index (χ0v) is 24.6. The molecule has 216 valence electrons. The van der Waals surface area contributed by atoms with E-state index in [2.05, 4.69) is 25.7 Å². The van der Waals surface area contributed by atoms with Gasteiger partial charge in [-0.3, -0.25) is 9.69 Å². The number of ether oxygens (including phenoxy) is 1. The highest BCUT2D eigenvalue weighted by atomic mass is 32.2. The van der Waals surface area contributed by atoms with Crippen molar-refractivity contribution in [1.29, 1.82) is 0 Å². The highest BCUT2D eigenvalue weighted by Crippen LogP contribution is 2.25. The fraction of sp³-hybridized carbons (Fsp3) is 0.452. The first-order valence-corrected chi connectivity index (χ1v) is 15.3. The van der Waals surface area contributed by atoms with Gasteiger partial charge in [0, 0.05) is 26.2 Å². The molecule has 1 aromatic heterocycles. The van der Waals surface area contributed by atoms with Gasteiger partial charge in [0.25, 0.3) is 0 Å². The number of amides is 1. The molecule has 1 saturated heterocycles. The molecule has 0 atom stereocenters. The molecule has 9 heteroatoms. The Labute approximate surface area is 238 Å². The molecule has 0 N–H and O–H groups in total. The van der Waals surface area contributed by atoms with Gasteiger partial charge in [0.2, 0.25) is 15.9 Å². The lowest BCUT2D eigenvalue weighted by Gasteiger charge is -2.29. The number of carbonyl (C=O) groups excluding carboxylic acids is 1. The van der Waals surface area contributed by atoms with Crippen LogP contribution < -0.4 is 0 Å². The van der Waals surface area contributed by atoms with Crippen LogP contribution in [0.1, 0.15) is 44.1 Å². The largest absolute Gasteiger partial charge is 0.467 e. The van der Waals surface area contributed by atoms with Crippen molar-refractivity contribution in [2.24, 2.45) is 0 Å². The number of hydrogen-bond acceptors (Lipinski definition) is 6. The van der Waals surface area contributed by atoms with Crippen LogP contribution in [0.5, 0.6) is 0 Å². The molecule has 4 rings (SSSR count). The maximum absolute atomic E-state index is 13.9. The van der Waals surface area contributed by atoms with E-state index in [0.29, 0.717) is 31.9 Å². The standard InChI is InChI=1S/C31H41N3O5S/c1-31(2,3)27-12-14-29(15-13-27)40(36,37)34(17-8-16-32-18-21-38-22-19-32)25-30(35)33(24-28-11-7-20-39-28)23-26-9-5-4-6-10-26/h4-7,9-15,20H,8,16-19,21-25H2,1-3H3. The molecule has 1 aliphatic rings. The molecule has 2 heterocycles. The van der Waals surface area contributed by atoms with E-state index < -0.39 is 10.0 Å². The topological polar surface area (TPSA) is 83.3 Å². The van der Waals surface area contributed by atoms with Crippen molar-refractivity contribution in [3.05, 3.63) is 89.9 Å². The lowest BCUT2D eigenvalue weighted by atomic mass is 9.87. The summed E-state index contributed by atoms with van der Waals surface area (Å²) in [5.41, 5.74) is 1.91. The monoisotopic (exact) mass is 567 g/mol. The van der Waals surface area contributed by atoms with Gasteiger partial charge in [-0.25, -0.2) is 8.42 Å². The van der Waals surface area contributed by atoms with Gasteiger partial charge in [-0.1, -0.05) is 63.2 Å². The van der Waals surface area contributed by atoms with Gasteiger partial charge < -0.3 is 14.1 Å². The maximum atomic E-state index is 13.9. The van der Waals surface area contributed by atoms with E-state index in [9.17, 15) is 13.2 Å². The van der Waals surface area contributed by atoms with E-state index >= 15 is 0 Å². The molecule has 3 aromatic rings. The van der Waals surface area contributed by atoms with Gasteiger partial charge in [0.15, 0.2) is 0 Å². The van der Waals surface area contributed by atoms with Gasteiger partial charge in [-0.05, 0) is 53.8 Å². The quantitative estimate of drug-likeness (QED) is 0.320. The first kappa shape index (κ1) is 30.0. The van der Waals surface area contributed by atoms with Crippen LogP contribution in [0.15, 0.2) is 82.3 Å². The Morgan fingerprint density at radius 2 is 1.62 bits per heavy atom. The van der Waals surface area contributed by atoms with Crippen molar-refractivity contribution in [2.45, 2.75) is 50.6 Å². The number of rotatable bonds is 12. The highest BCUT2D eigenvalue weighted by Gasteiger charge is 2.29. The molecule has 0 spiro atoms. The summed E-state index contributed by atoms with van der Waals surface area (Å²) in [6.07, 6.45) is 2.19. The zero-order chi connectivity index (χ0) is 28.6. The highest BCUT2D eigenvalue weighted by molar-refractivity contribution is 7.89. The van der Waals surface area contributed by atoms with Crippen LogP contribution >= 0.6 is 0 Å². The van der Waals surface area contributed by atoms with E-state index in [-0.39, 0.29) is 35.9 Å². The Balaban J connectivity index is 1.55. The van der Waals surface area contributed by atoms with Crippen LogP contribution in [-0.2, 0) is 38.1 Å². The molecule has 2 aromatic carbocycles. The second-order valence-electron chi connectivity index (χ2n) is 11.2. The number of sulfonamides is 1. The van der Waals surface area contributed by atoms with Crippen molar-refractivity contribution in [3.8, 4) is 0 Å². The van der Waals surface area contributed by atoms with E-state index in [1.165, 1.54) is 4.31 Å².